The van der Waals surface area contributed by atoms with Gasteiger partial charge in [0, 0.05) is 18.7 Å². The number of esters is 1. The fourth-order valence-corrected chi connectivity index (χ4v) is 3.57. The zero-order chi connectivity index (χ0) is 20.3. The van der Waals surface area contributed by atoms with Crippen LogP contribution in [-0.4, -0.2) is 46.6 Å². The Hall–Kier alpha value is -2.90. The molecule has 28 heavy (non-hydrogen) atoms. The number of rotatable bonds is 5. The number of ether oxygens (including phenoxy) is 1. The first-order valence-corrected chi connectivity index (χ1v) is 9.33. The van der Waals surface area contributed by atoms with E-state index in [1.165, 1.54) is 19.2 Å². The van der Waals surface area contributed by atoms with Crippen LogP contribution in [0.2, 0.25) is 0 Å². The molecular formula is C20H25FN4O3. The number of imidazole rings is 1. The number of carbonyl (C=O) groups is 2. The molecule has 0 aliphatic carbocycles. The number of H-pyrrole nitrogens is 1. The van der Waals surface area contributed by atoms with Crippen LogP contribution in [0.5, 0.6) is 0 Å². The number of benzene rings is 1. The SMILES string of the molecule is COC(=O)[C@H](CC(C)C)NC(=O)N1CCc2[nH]cnc2[C@@H]1c1cccc(F)c1. The van der Waals surface area contributed by atoms with Gasteiger partial charge in [-0.15, -0.1) is 0 Å². The Kier molecular flexibility index (Phi) is 5.96. The van der Waals surface area contributed by atoms with E-state index in [2.05, 4.69) is 15.3 Å². The average molecular weight is 388 g/mol. The molecule has 2 aromatic rings. The van der Waals surface area contributed by atoms with E-state index in [-0.39, 0.29) is 11.7 Å². The lowest BCUT2D eigenvalue weighted by atomic mass is 9.96. The van der Waals surface area contributed by atoms with Crippen molar-refractivity contribution in [3.8, 4) is 0 Å². The number of urea groups is 1. The summed E-state index contributed by atoms with van der Waals surface area (Å²) in [5.41, 5.74) is 2.23. The molecular weight excluding hydrogens is 363 g/mol. The highest BCUT2D eigenvalue weighted by Gasteiger charge is 2.36. The number of aromatic amines is 1. The predicted molar refractivity (Wildman–Crippen MR) is 101 cm³/mol. The summed E-state index contributed by atoms with van der Waals surface area (Å²) in [4.78, 5) is 34.2. The molecule has 2 N–H and O–H groups in total. The van der Waals surface area contributed by atoms with Crippen molar-refractivity contribution in [3.05, 3.63) is 53.4 Å². The summed E-state index contributed by atoms with van der Waals surface area (Å²) in [5.74, 6) is -0.669. The number of aromatic nitrogens is 2. The quantitative estimate of drug-likeness (QED) is 0.771. The maximum atomic E-state index is 13.8. The Bertz CT molecular complexity index is 851. The first-order chi connectivity index (χ1) is 13.4. The fourth-order valence-electron chi connectivity index (χ4n) is 3.57. The molecule has 2 atom stereocenters. The number of carbonyl (C=O) groups excluding carboxylic acids is 2. The summed E-state index contributed by atoms with van der Waals surface area (Å²) in [6.45, 7) is 4.35. The van der Waals surface area contributed by atoms with Crippen LogP contribution in [0.3, 0.4) is 0 Å². The van der Waals surface area contributed by atoms with Gasteiger partial charge in [-0.1, -0.05) is 26.0 Å². The van der Waals surface area contributed by atoms with Gasteiger partial charge in [0.25, 0.3) is 0 Å². The Labute approximate surface area is 163 Å². The maximum Gasteiger partial charge on any atom is 0.328 e. The van der Waals surface area contributed by atoms with Crippen molar-refractivity contribution in [2.24, 2.45) is 5.92 Å². The minimum atomic E-state index is -0.744. The zero-order valence-corrected chi connectivity index (χ0v) is 16.2. The number of hydrogen-bond donors (Lipinski definition) is 2. The van der Waals surface area contributed by atoms with E-state index in [4.69, 9.17) is 4.74 Å². The molecule has 0 bridgehead atoms. The van der Waals surface area contributed by atoms with Gasteiger partial charge in [0.05, 0.1) is 19.1 Å². The second-order valence-electron chi connectivity index (χ2n) is 7.32. The van der Waals surface area contributed by atoms with E-state index in [0.717, 1.165) is 5.69 Å². The topological polar surface area (TPSA) is 87.3 Å². The smallest absolute Gasteiger partial charge is 0.328 e. The summed E-state index contributed by atoms with van der Waals surface area (Å²) < 4.78 is 18.7. The molecule has 2 heterocycles. The van der Waals surface area contributed by atoms with Gasteiger partial charge in [0.2, 0.25) is 0 Å². The number of halogens is 1. The number of amides is 2. The lowest BCUT2D eigenvalue weighted by Gasteiger charge is -2.36. The van der Waals surface area contributed by atoms with Crippen LogP contribution in [0.1, 0.15) is 43.3 Å². The van der Waals surface area contributed by atoms with E-state index < -0.39 is 24.1 Å². The van der Waals surface area contributed by atoms with Crippen molar-refractivity contribution in [2.45, 2.75) is 38.8 Å². The van der Waals surface area contributed by atoms with Gasteiger partial charge in [-0.05, 0) is 30.0 Å². The summed E-state index contributed by atoms with van der Waals surface area (Å²) in [7, 11) is 1.30. The first-order valence-electron chi connectivity index (χ1n) is 9.33. The molecule has 1 aliphatic rings. The van der Waals surface area contributed by atoms with Crippen LogP contribution >= 0.6 is 0 Å². The summed E-state index contributed by atoms with van der Waals surface area (Å²) >= 11 is 0. The van der Waals surface area contributed by atoms with Crippen molar-refractivity contribution in [2.75, 3.05) is 13.7 Å². The van der Waals surface area contributed by atoms with Crippen molar-refractivity contribution < 1.29 is 18.7 Å². The Morgan fingerprint density at radius 2 is 2.21 bits per heavy atom. The summed E-state index contributed by atoms with van der Waals surface area (Å²) in [5, 5.41) is 2.79. The minimum Gasteiger partial charge on any atom is -0.467 e. The number of fused-ring (bicyclic) bond motifs is 1. The van der Waals surface area contributed by atoms with Gasteiger partial charge < -0.3 is 19.9 Å². The molecule has 1 aliphatic heterocycles. The van der Waals surface area contributed by atoms with Crippen molar-refractivity contribution in [3.63, 3.8) is 0 Å². The van der Waals surface area contributed by atoms with Gasteiger partial charge >= 0.3 is 12.0 Å². The van der Waals surface area contributed by atoms with Gasteiger partial charge in [0.1, 0.15) is 17.9 Å². The van der Waals surface area contributed by atoms with Gasteiger partial charge in [-0.3, -0.25) is 0 Å². The van der Waals surface area contributed by atoms with Crippen LogP contribution in [-0.2, 0) is 16.0 Å². The van der Waals surface area contributed by atoms with Crippen LogP contribution < -0.4 is 5.32 Å². The second-order valence-corrected chi connectivity index (χ2v) is 7.32. The molecule has 0 spiro atoms. The highest BCUT2D eigenvalue weighted by molar-refractivity contribution is 5.84. The molecule has 2 amide bonds. The molecule has 0 saturated carbocycles. The normalized spacial score (nSPS) is 17.2. The standard InChI is InChI=1S/C20H25FN4O3/c1-12(2)9-16(19(26)28-3)24-20(27)25-8-7-15-17(23-11-22-15)18(25)13-5-4-6-14(21)10-13/h4-6,10-12,16,18H,7-9H2,1-3H3,(H,22,23)(H,24,27)/t16-,18-/m0/s1. The number of methoxy groups -OCH3 is 1. The Balaban J connectivity index is 1.90. The third-order valence-corrected chi connectivity index (χ3v) is 4.84. The zero-order valence-electron chi connectivity index (χ0n) is 16.2. The van der Waals surface area contributed by atoms with E-state index in [1.807, 2.05) is 13.8 Å². The molecule has 150 valence electrons. The molecule has 0 saturated heterocycles. The maximum absolute atomic E-state index is 13.8. The van der Waals surface area contributed by atoms with E-state index in [1.54, 1.807) is 23.4 Å². The Morgan fingerprint density at radius 3 is 2.89 bits per heavy atom. The van der Waals surface area contributed by atoms with Crippen molar-refractivity contribution in [1.82, 2.24) is 20.2 Å². The summed E-state index contributed by atoms with van der Waals surface area (Å²) in [6.07, 6.45) is 2.64. The van der Waals surface area contributed by atoms with Crippen LogP contribution in [0.25, 0.3) is 0 Å². The molecule has 3 rings (SSSR count). The molecule has 7 nitrogen and oxygen atoms in total. The van der Waals surface area contributed by atoms with Gasteiger partial charge in [0.15, 0.2) is 0 Å². The molecule has 0 radical (unpaired) electrons. The van der Waals surface area contributed by atoms with Crippen molar-refractivity contribution >= 4 is 12.0 Å². The third kappa shape index (κ3) is 4.16. The number of nitrogens with one attached hydrogen (secondary N) is 2. The highest BCUT2D eigenvalue weighted by Crippen LogP contribution is 2.33. The van der Waals surface area contributed by atoms with Gasteiger partial charge in [-0.2, -0.15) is 0 Å². The first kappa shape index (κ1) is 19.9. The lowest BCUT2D eigenvalue weighted by Crippen LogP contribution is -2.51. The van der Waals surface area contributed by atoms with Crippen LogP contribution in [0.15, 0.2) is 30.6 Å². The second kappa shape index (κ2) is 8.41. The molecule has 8 heteroatoms. The summed E-state index contributed by atoms with van der Waals surface area (Å²) in [6, 6.07) is 4.45. The average Bonchev–Trinajstić information content (AvgIpc) is 3.14. The number of nitrogens with zero attached hydrogens (tertiary/aromatic N) is 2. The van der Waals surface area contributed by atoms with Gasteiger partial charge in [-0.25, -0.2) is 19.0 Å². The Morgan fingerprint density at radius 1 is 1.43 bits per heavy atom. The third-order valence-electron chi connectivity index (χ3n) is 4.84. The largest absolute Gasteiger partial charge is 0.467 e. The van der Waals surface area contributed by atoms with Crippen molar-refractivity contribution in [1.29, 1.82) is 0 Å². The van der Waals surface area contributed by atoms with Crippen LogP contribution in [0, 0.1) is 11.7 Å². The molecule has 1 aromatic carbocycles. The van der Waals surface area contributed by atoms with Crippen LogP contribution in [0.4, 0.5) is 9.18 Å². The van der Waals surface area contributed by atoms with E-state index in [9.17, 15) is 14.0 Å². The molecule has 0 fully saturated rings. The lowest BCUT2D eigenvalue weighted by molar-refractivity contribution is -0.143. The monoisotopic (exact) mass is 388 g/mol. The molecule has 1 aromatic heterocycles. The van der Waals surface area contributed by atoms with E-state index in [0.29, 0.717) is 30.6 Å². The predicted octanol–water partition coefficient (Wildman–Crippen LogP) is 2.79. The van der Waals surface area contributed by atoms with E-state index >= 15 is 0 Å². The highest BCUT2D eigenvalue weighted by atomic mass is 19.1. The molecule has 0 unspecified atom stereocenters. The number of hydrogen-bond acceptors (Lipinski definition) is 4. The fraction of sp³-hybridized carbons (Fsp3) is 0.450. The minimum absolute atomic E-state index is 0.197.